The molecule has 4 rings (SSSR count). The van der Waals surface area contributed by atoms with Gasteiger partial charge in [0.1, 0.15) is 5.00 Å². The Balaban J connectivity index is 1.60. The van der Waals surface area contributed by atoms with Gasteiger partial charge in [-0.2, -0.15) is 0 Å². The minimum atomic E-state index is -0.773. The van der Waals surface area contributed by atoms with Crippen molar-refractivity contribution in [1.82, 2.24) is 9.88 Å². The molecule has 1 saturated carbocycles. The third-order valence-electron chi connectivity index (χ3n) is 4.77. The van der Waals surface area contributed by atoms with Gasteiger partial charge in [-0.3, -0.25) is 4.79 Å². The second kappa shape index (κ2) is 6.67. The highest BCUT2D eigenvalue weighted by atomic mass is 32.1. The van der Waals surface area contributed by atoms with Gasteiger partial charge in [0.15, 0.2) is 6.10 Å². The molecular formula is C19H22N2O3S. The molecule has 0 saturated heterocycles. The molecule has 1 N–H and O–H groups in total. The Kier molecular flexibility index (Phi) is 4.37. The lowest BCUT2D eigenvalue weighted by atomic mass is 9.95. The van der Waals surface area contributed by atoms with Gasteiger partial charge in [-0.25, -0.2) is 4.79 Å². The summed E-state index contributed by atoms with van der Waals surface area (Å²) in [6.45, 7) is 1.64. The van der Waals surface area contributed by atoms with Gasteiger partial charge in [-0.1, -0.05) is 0 Å². The van der Waals surface area contributed by atoms with Crippen LogP contribution in [-0.2, 0) is 22.4 Å². The third-order valence-corrected chi connectivity index (χ3v) is 6.08. The zero-order valence-electron chi connectivity index (χ0n) is 14.3. The SMILES string of the molecule is CC(OC(=O)c1c(-n2cccc2)sc2c1CCCC2)C(=O)NC1CC1. The maximum Gasteiger partial charge on any atom is 0.342 e. The highest BCUT2D eigenvalue weighted by molar-refractivity contribution is 7.15. The molecule has 2 heterocycles. The molecular weight excluding hydrogens is 336 g/mol. The van der Waals surface area contributed by atoms with Gasteiger partial charge >= 0.3 is 5.97 Å². The summed E-state index contributed by atoms with van der Waals surface area (Å²) in [7, 11) is 0. The van der Waals surface area contributed by atoms with Crippen LogP contribution in [0.3, 0.4) is 0 Å². The molecule has 0 spiro atoms. The molecule has 2 aliphatic carbocycles. The van der Waals surface area contributed by atoms with E-state index in [9.17, 15) is 9.59 Å². The van der Waals surface area contributed by atoms with Crippen molar-refractivity contribution in [2.45, 2.75) is 57.6 Å². The van der Waals surface area contributed by atoms with Crippen molar-refractivity contribution in [3.8, 4) is 5.00 Å². The zero-order valence-corrected chi connectivity index (χ0v) is 15.1. The van der Waals surface area contributed by atoms with Crippen LogP contribution < -0.4 is 5.32 Å². The number of nitrogens with zero attached hydrogens (tertiary/aromatic N) is 1. The predicted molar refractivity (Wildman–Crippen MR) is 96.3 cm³/mol. The Bertz CT molecular complexity index is 790. The number of hydrogen-bond acceptors (Lipinski definition) is 4. The molecule has 1 fully saturated rings. The van der Waals surface area contributed by atoms with Crippen LogP contribution in [0.1, 0.15) is 53.4 Å². The average molecular weight is 358 g/mol. The first-order chi connectivity index (χ1) is 12.1. The summed E-state index contributed by atoms with van der Waals surface area (Å²) >= 11 is 1.67. The van der Waals surface area contributed by atoms with E-state index < -0.39 is 6.10 Å². The lowest BCUT2D eigenvalue weighted by Gasteiger charge is -2.16. The summed E-state index contributed by atoms with van der Waals surface area (Å²) in [5.41, 5.74) is 1.75. The fourth-order valence-electron chi connectivity index (χ4n) is 3.23. The fraction of sp³-hybridized carbons (Fsp3) is 0.474. The number of esters is 1. The van der Waals surface area contributed by atoms with E-state index in [4.69, 9.17) is 4.74 Å². The van der Waals surface area contributed by atoms with Crippen LogP contribution in [0, 0.1) is 0 Å². The van der Waals surface area contributed by atoms with E-state index in [0.29, 0.717) is 5.56 Å². The maximum absolute atomic E-state index is 12.9. The highest BCUT2D eigenvalue weighted by Crippen LogP contribution is 2.37. The van der Waals surface area contributed by atoms with Gasteiger partial charge in [0.2, 0.25) is 0 Å². The molecule has 2 aliphatic rings. The zero-order chi connectivity index (χ0) is 17.4. The van der Waals surface area contributed by atoms with E-state index in [0.717, 1.165) is 49.1 Å². The minimum Gasteiger partial charge on any atom is -0.449 e. The van der Waals surface area contributed by atoms with Crippen molar-refractivity contribution in [1.29, 1.82) is 0 Å². The van der Waals surface area contributed by atoms with E-state index >= 15 is 0 Å². The summed E-state index contributed by atoms with van der Waals surface area (Å²) in [5.74, 6) is -0.594. The van der Waals surface area contributed by atoms with Gasteiger partial charge in [0.25, 0.3) is 5.91 Å². The Morgan fingerprint density at radius 3 is 2.68 bits per heavy atom. The first-order valence-electron chi connectivity index (χ1n) is 8.92. The molecule has 2 aromatic heterocycles. The first-order valence-corrected chi connectivity index (χ1v) is 9.74. The molecule has 1 atom stereocenters. The van der Waals surface area contributed by atoms with Crippen LogP contribution in [0.2, 0.25) is 0 Å². The molecule has 5 nitrogen and oxygen atoms in total. The van der Waals surface area contributed by atoms with Crippen molar-refractivity contribution in [2.75, 3.05) is 0 Å². The van der Waals surface area contributed by atoms with E-state index in [1.807, 2.05) is 29.1 Å². The average Bonchev–Trinajstić information content (AvgIpc) is 3.13. The Labute approximate surface area is 151 Å². The Hall–Kier alpha value is -2.08. The number of hydrogen-bond donors (Lipinski definition) is 1. The number of carbonyl (C=O) groups excluding carboxylic acids is 2. The summed E-state index contributed by atoms with van der Waals surface area (Å²) in [5, 5.41) is 3.79. The lowest BCUT2D eigenvalue weighted by molar-refractivity contribution is -0.129. The quantitative estimate of drug-likeness (QED) is 0.835. The van der Waals surface area contributed by atoms with Crippen molar-refractivity contribution in [3.63, 3.8) is 0 Å². The van der Waals surface area contributed by atoms with E-state index in [1.165, 1.54) is 4.88 Å². The Morgan fingerprint density at radius 1 is 1.24 bits per heavy atom. The number of carbonyl (C=O) groups is 2. The molecule has 0 aliphatic heterocycles. The number of fused-ring (bicyclic) bond motifs is 1. The largest absolute Gasteiger partial charge is 0.449 e. The monoisotopic (exact) mass is 358 g/mol. The number of nitrogens with one attached hydrogen (secondary N) is 1. The second-order valence-electron chi connectivity index (χ2n) is 6.81. The first kappa shape index (κ1) is 16.4. The number of aromatic nitrogens is 1. The lowest BCUT2D eigenvalue weighted by Crippen LogP contribution is -2.37. The molecule has 2 aromatic rings. The normalized spacial score (nSPS) is 17.6. The number of rotatable bonds is 5. The van der Waals surface area contributed by atoms with Crippen molar-refractivity contribution in [3.05, 3.63) is 40.5 Å². The van der Waals surface area contributed by atoms with E-state index in [-0.39, 0.29) is 17.9 Å². The molecule has 6 heteroatoms. The summed E-state index contributed by atoms with van der Waals surface area (Å²) in [4.78, 5) is 26.3. The fourth-order valence-corrected chi connectivity index (χ4v) is 4.58. The minimum absolute atomic E-state index is 0.206. The van der Waals surface area contributed by atoms with Crippen LogP contribution in [0.5, 0.6) is 0 Å². The number of aryl methyl sites for hydroxylation is 1. The molecule has 0 aromatic carbocycles. The molecule has 132 valence electrons. The van der Waals surface area contributed by atoms with Crippen LogP contribution in [-0.4, -0.2) is 28.6 Å². The summed E-state index contributed by atoms with van der Waals surface area (Å²) < 4.78 is 7.50. The van der Waals surface area contributed by atoms with Crippen LogP contribution >= 0.6 is 11.3 Å². The third kappa shape index (κ3) is 3.35. The van der Waals surface area contributed by atoms with Crippen molar-refractivity contribution < 1.29 is 14.3 Å². The highest BCUT2D eigenvalue weighted by Gasteiger charge is 2.31. The molecule has 0 bridgehead atoms. The topological polar surface area (TPSA) is 60.3 Å². The van der Waals surface area contributed by atoms with Gasteiger partial charge in [0, 0.05) is 23.3 Å². The van der Waals surface area contributed by atoms with Crippen LogP contribution in [0.4, 0.5) is 0 Å². The van der Waals surface area contributed by atoms with Gasteiger partial charge < -0.3 is 14.6 Å². The van der Waals surface area contributed by atoms with Gasteiger partial charge in [-0.15, -0.1) is 11.3 Å². The van der Waals surface area contributed by atoms with Crippen LogP contribution in [0.15, 0.2) is 24.5 Å². The molecule has 25 heavy (non-hydrogen) atoms. The standard InChI is InChI=1S/C19H22N2O3S/c1-12(17(22)20-13-8-9-13)24-19(23)16-14-6-2-3-7-15(14)25-18(16)21-10-4-5-11-21/h4-5,10-13H,2-3,6-9H2,1H3,(H,20,22). The van der Waals surface area contributed by atoms with Crippen molar-refractivity contribution >= 4 is 23.2 Å². The molecule has 1 unspecified atom stereocenters. The summed E-state index contributed by atoms with van der Waals surface area (Å²) in [6, 6.07) is 4.15. The maximum atomic E-state index is 12.9. The number of thiophene rings is 1. The van der Waals surface area contributed by atoms with E-state index in [2.05, 4.69) is 5.32 Å². The van der Waals surface area contributed by atoms with Gasteiger partial charge in [-0.05, 0) is 63.1 Å². The summed E-state index contributed by atoms with van der Waals surface area (Å²) in [6.07, 6.45) is 9.31. The second-order valence-corrected chi connectivity index (χ2v) is 7.90. The van der Waals surface area contributed by atoms with Crippen LogP contribution in [0.25, 0.3) is 5.00 Å². The number of amides is 1. The number of ether oxygens (including phenoxy) is 1. The molecule has 0 radical (unpaired) electrons. The predicted octanol–water partition coefficient (Wildman–Crippen LogP) is 3.24. The van der Waals surface area contributed by atoms with E-state index in [1.54, 1.807) is 18.3 Å². The van der Waals surface area contributed by atoms with Crippen molar-refractivity contribution in [2.24, 2.45) is 0 Å². The smallest absolute Gasteiger partial charge is 0.342 e. The Morgan fingerprint density at radius 2 is 1.96 bits per heavy atom. The van der Waals surface area contributed by atoms with Gasteiger partial charge in [0.05, 0.1) is 5.56 Å². The molecule has 1 amide bonds.